The first kappa shape index (κ1) is 21.2. The van der Waals surface area contributed by atoms with Gasteiger partial charge in [0.25, 0.3) is 5.91 Å². The molecule has 2 heterocycles. The monoisotopic (exact) mass is 443 g/mol. The van der Waals surface area contributed by atoms with Gasteiger partial charge in [-0.15, -0.1) is 0 Å². The number of morpholine rings is 1. The molecular weight excluding hydrogens is 418 g/mol. The predicted molar refractivity (Wildman–Crippen MR) is 123 cm³/mol. The molecule has 1 fully saturated rings. The number of amides is 1. The first-order valence-electron chi connectivity index (χ1n) is 11.1. The molecule has 3 aromatic rings. The lowest BCUT2D eigenvalue weighted by Crippen LogP contribution is -2.41. The van der Waals surface area contributed by atoms with Gasteiger partial charge < -0.3 is 14.8 Å². The summed E-state index contributed by atoms with van der Waals surface area (Å²) in [5.74, 6) is 0.406. The van der Waals surface area contributed by atoms with Crippen LogP contribution in [-0.4, -0.2) is 67.5 Å². The maximum Gasteiger partial charge on any atom is 0.255 e. The average Bonchev–Trinajstić information content (AvgIpc) is 3.43. The highest BCUT2D eigenvalue weighted by Gasteiger charge is 2.28. The van der Waals surface area contributed by atoms with Gasteiger partial charge in [0.05, 0.1) is 48.9 Å². The van der Waals surface area contributed by atoms with Crippen LogP contribution in [0.3, 0.4) is 0 Å². The van der Waals surface area contributed by atoms with E-state index in [0.717, 1.165) is 66.5 Å². The SMILES string of the molecule is COc1cc2c(cc1C(=O)NCCN1CCOCC1)Cc1c(-c3ccc(C#N)cc3)n[nH]c1-2. The number of benzene rings is 2. The molecule has 8 heteroatoms. The fourth-order valence-corrected chi connectivity index (χ4v) is 4.49. The van der Waals surface area contributed by atoms with Gasteiger partial charge in [-0.1, -0.05) is 12.1 Å². The zero-order valence-corrected chi connectivity index (χ0v) is 18.5. The molecule has 0 atom stereocenters. The second kappa shape index (κ2) is 9.06. The summed E-state index contributed by atoms with van der Waals surface area (Å²) < 4.78 is 10.9. The number of ether oxygens (including phenoxy) is 2. The molecule has 1 amide bonds. The maximum atomic E-state index is 12.9. The minimum absolute atomic E-state index is 0.135. The summed E-state index contributed by atoms with van der Waals surface area (Å²) in [6.45, 7) is 4.65. The van der Waals surface area contributed by atoms with Crippen molar-refractivity contribution in [3.05, 3.63) is 58.7 Å². The molecular formula is C25H25N5O3. The van der Waals surface area contributed by atoms with E-state index in [4.69, 9.17) is 14.7 Å². The third kappa shape index (κ3) is 4.09. The van der Waals surface area contributed by atoms with Crippen molar-refractivity contribution in [2.45, 2.75) is 6.42 Å². The van der Waals surface area contributed by atoms with E-state index in [-0.39, 0.29) is 5.91 Å². The molecule has 1 aromatic heterocycles. The Labute approximate surface area is 192 Å². The first-order chi connectivity index (χ1) is 16.2. The Balaban J connectivity index is 1.35. The summed E-state index contributed by atoms with van der Waals surface area (Å²) in [4.78, 5) is 15.2. The number of nitrogens with one attached hydrogen (secondary N) is 2. The maximum absolute atomic E-state index is 12.9. The zero-order chi connectivity index (χ0) is 22.8. The lowest BCUT2D eigenvalue weighted by atomic mass is 10.0. The van der Waals surface area contributed by atoms with Crippen LogP contribution in [-0.2, 0) is 11.2 Å². The summed E-state index contributed by atoms with van der Waals surface area (Å²) >= 11 is 0. The molecule has 1 aliphatic heterocycles. The van der Waals surface area contributed by atoms with Crippen LogP contribution in [0.2, 0.25) is 0 Å². The van der Waals surface area contributed by atoms with Crippen LogP contribution in [0.1, 0.15) is 27.0 Å². The van der Waals surface area contributed by atoms with E-state index in [9.17, 15) is 4.79 Å². The number of hydrogen-bond donors (Lipinski definition) is 2. The van der Waals surface area contributed by atoms with E-state index in [0.29, 0.717) is 29.8 Å². The third-order valence-corrected chi connectivity index (χ3v) is 6.28. The number of fused-ring (bicyclic) bond motifs is 3. The Morgan fingerprint density at radius 3 is 2.79 bits per heavy atom. The number of carbonyl (C=O) groups excluding carboxylic acids is 1. The highest BCUT2D eigenvalue weighted by molar-refractivity contribution is 5.99. The molecule has 0 saturated carbocycles. The highest BCUT2D eigenvalue weighted by Crippen LogP contribution is 2.42. The Morgan fingerprint density at radius 1 is 1.27 bits per heavy atom. The second-order valence-corrected chi connectivity index (χ2v) is 8.21. The van der Waals surface area contributed by atoms with E-state index in [1.54, 1.807) is 19.2 Å². The van der Waals surface area contributed by atoms with Crippen LogP contribution in [0, 0.1) is 11.3 Å². The molecule has 0 spiro atoms. The lowest BCUT2D eigenvalue weighted by Gasteiger charge is -2.26. The smallest absolute Gasteiger partial charge is 0.255 e. The molecule has 0 radical (unpaired) electrons. The van der Waals surface area contributed by atoms with Crippen LogP contribution >= 0.6 is 0 Å². The fraction of sp³-hybridized carbons (Fsp3) is 0.320. The molecule has 2 N–H and O–H groups in total. The summed E-state index contributed by atoms with van der Waals surface area (Å²) in [5.41, 5.74) is 7.06. The number of hydrogen-bond acceptors (Lipinski definition) is 6. The Hall–Kier alpha value is -3.67. The highest BCUT2D eigenvalue weighted by atomic mass is 16.5. The predicted octanol–water partition coefficient (Wildman–Crippen LogP) is 2.59. The lowest BCUT2D eigenvalue weighted by molar-refractivity contribution is 0.0383. The van der Waals surface area contributed by atoms with E-state index in [1.165, 1.54) is 0 Å². The van der Waals surface area contributed by atoms with Crippen molar-refractivity contribution in [1.29, 1.82) is 5.26 Å². The number of nitriles is 1. The van der Waals surface area contributed by atoms with Gasteiger partial charge in [-0.3, -0.25) is 14.8 Å². The number of methoxy groups -OCH3 is 1. The van der Waals surface area contributed by atoms with Gasteiger partial charge in [0.1, 0.15) is 5.75 Å². The molecule has 0 bridgehead atoms. The summed E-state index contributed by atoms with van der Waals surface area (Å²) in [5, 5.41) is 19.7. The normalized spacial score (nSPS) is 14.9. The van der Waals surface area contributed by atoms with Gasteiger partial charge in [-0.2, -0.15) is 10.4 Å². The first-order valence-corrected chi connectivity index (χ1v) is 11.1. The van der Waals surface area contributed by atoms with Gasteiger partial charge in [-0.05, 0) is 29.8 Å². The van der Waals surface area contributed by atoms with Crippen molar-refractivity contribution in [2.75, 3.05) is 46.5 Å². The number of nitrogens with zero attached hydrogens (tertiary/aromatic N) is 3. The number of aromatic nitrogens is 2. The summed E-state index contributed by atoms with van der Waals surface area (Å²) in [7, 11) is 1.58. The molecule has 33 heavy (non-hydrogen) atoms. The van der Waals surface area contributed by atoms with Crippen molar-refractivity contribution in [3.8, 4) is 34.3 Å². The van der Waals surface area contributed by atoms with Crippen LogP contribution in [0.4, 0.5) is 0 Å². The quantitative estimate of drug-likeness (QED) is 0.475. The van der Waals surface area contributed by atoms with Crippen molar-refractivity contribution in [3.63, 3.8) is 0 Å². The van der Waals surface area contributed by atoms with Gasteiger partial charge >= 0.3 is 0 Å². The van der Waals surface area contributed by atoms with E-state index >= 15 is 0 Å². The molecule has 0 unspecified atom stereocenters. The largest absolute Gasteiger partial charge is 0.496 e. The van der Waals surface area contributed by atoms with E-state index < -0.39 is 0 Å². The summed E-state index contributed by atoms with van der Waals surface area (Å²) in [6.07, 6.45) is 0.675. The van der Waals surface area contributed by atoms with Gasteiger partial charge in [0.15, 0.2) is 0 Å². The Morgan fingerprint density at radius 2 is 2.06 bits per heavy atom. The van der Waals surface area contributed by atoms with Gasteiger partial charge in [-0.25, -0.2) is 0 Å². The Kier molecular flexibility index (Phi) is 5.82. The second-order valence-electron chi connectivity index (χ2n) is 8.21. The molecule has 1 aliphatic carbocycles. The van der Waals surface area contributed by atoms with E-state index in [2.05, 4.69) is 26.5 Å². The number of H-pyrrole nitrogens is 1. The van der Waals surface area contributed by atoms with Gasteiger partial charge in [0.2, 0.25) is 0 Å². The molecule has 168 valence electrons. The molecule has 8 nitrogen and oxygen atoms in total. The van der Waals surface area contributed by atoms with Crippen molar-refractivity contribution < 1.29 is 14.3 Å². The molecule has 2 aliphatic rings. The van der Waals surface area contributed by atoms with Crippen LogP contribution in [0.15, 0.2) is 36.4 Å². The van der Waals surface area contributed by atoms with Crippen molar-refractivity contribution in [1.82, 2.24) is 20.4 Å². The molecule has 5 rings (SSSR count). The van der Waals surface area contributed by atoms with Crippen LogP contribution in [0.25, 0.3) is 22.5 Å². The standard InChI is InChI=1S/C25H25N5O3/c1-32-22-14-19-18(12-20(22)25(31)27-6-7-30-8-10-33-11-9-30)13-21-23(28-29-24(19)21)17-4-2-16(15-26)3-5-17/h2-5,12,14H,6-11,13H2,1H3,(H,27,31)(H,28,29). The van der Waals surface area contributed by atoms with E-state index in [1.807, 2.05) is 24.3 Å². The number of carbonyl (C=O) groups is 1. The van der Waals surface area contributed by atoms with Gasteiger partial charge in [0, 0.05) is 49.3 Å². The van der Waals surface area contributed by atoms with Crippen LogP contribution in [0.5, 0.6) is 5.75 Å². The van der Waals surface area contributed by atoms with Crippen LogP contribution < -0.4 is 10.1 Å². The Bertz CT molecular complexity index is 1220. The minimum Gasteiger partial charge on any atom is -0.496 e. The fourth-order valence-electron chi connectivity index (χ4n) is 4.49. The average molecular weight is 444 g/mol. The molecule has 1 saturated heterocycles. The summed E-state index contributed by atoms with van der Waals surface area (Å²) in [6, 6.07) is 13.4. The minimum atomic E-state index is -0.135. The number of aromatic amines is 1. The topological polar surface area (TPSA) is 103 Å². The van der Waals surface area contributed by atoms with Crippen molar-refractivity contribution in [2.24, 2.45) is 0 Å². The van der Waals surface area contributed by atoms with Crippen molar-refractivity contribution >= 4 is 5.91 Å². The zero-order valence-electron chi connectivity index (χ0n) is 18.5. The number of rotatable bonds is 6. The third-order valence-electron chi connectivity index (χ3n) is 6.28. The molecule has 2 aromatic carbocycles.